The second-order valence-corrected chi connectivity index (χ2v) is 3.12. The number of benzene rings is 1. The van der Waals surface area contributed by atoms with Crippen molar-refractivity contribution in [1.82, 2.24) is 4.98 Å². The second-order valence-electron chi connectivity index (χ2n) is 3.12. The summed E-state index contributed by atoms with van der Waals surface area (Å²) in [7, 11) is 0. The Kier molecular flexibility index (Phi) is 1.93. The molecule has 0 unspecified atom stereocenters. The number of rotatable bonds is 1. The molecule has 70 valence electrons. The molecular formula is C11H9NO2. The summed E-state index contributed by atoms with van der Waals surface area (Å²) < 4.78 is 0. The first-order valence-electron chi connectivity index (χ1n) is 4.28. The molecule has 0 saturated heterocycles. The predicted octanol–water partition coefficient (Wildman–Crippen LogP) is 2.24. The minimum atomic E-state index is -0.987. The first-order chi connectivity index (χ1) is 6.68. The number of hydrogen-bond donors (Lipinski definition) is 1. The summed E-state index contributed by atoms with van der Waals surface area (Å²) in [6, 6.07) is 9.20. The lowest BCUT2D eigenvalue weighted by Crippen LogP contribution is -2.01. The third-order valence-corrected chi connectivity index (χ3v) is 2.15. The van der Waals surface area contributed by atoms with Gasteiger partial charge >= 0.3 is 5.97 Å². The van der Waals surface area contributed by atoms with Crippen molar-refractivity contribution in [2.24, 2.45) is 0 Å². The first-order valence-corrected chi connectivity index (χ1v) is 4.28. The summed E-state index contributed by atoms with van der Waals surface area (Å²) in [6.45, 7) is 1.81. The van der Waals surface area contributed by atoms with E-state index >= 15 is 0 Å². The molecule has 3 heteroatoms. The normalized spacial score (nSPS) is 10.4. The zero-order valence-electron chi connectivity index (χ0n) is 7.69. The molecule has 1 aromatic heterocycles. The van der Waals surface area contributed by atoms with Crippen LogP contribution in [0.15, 0.2) is 30.3 Å². The molecule has 0 atom stereocenters. The smallest absolute Gasteiger partial charge is 0.354 e. The van der Waals surface area contributed by atoms with Crippen molar-refractivity contribution in [3.63, 3.8) is 0 Å². The molecular weight excluding hydrogens is 178 g/mol. The third kappa shape index (κ3) is 1.33. The van der Waals surface area contributed by atoms with Gasteiger partial charge in [-0.1, -0.05) is 24.3 Å². The molecule has 2 rings (SSSR count). The maximum atomic E-state index is 10.7. The number of aromatic carboxylic acids is 1. The standard InChI is InChI=1S/C11H9NO2/c1-7-9-5-3-2-4-8(9)6-10(12-7)11(13)14/h2-6H,1H3,(H,13,14). The van der Waals surface area contributed by atoms with Crippen LogP contribution in [-0.4, -0.2) is 16.1 Å². The second kappa shape index (κ2) is 3.10. The van der Waals surface area contributed by atoms with Gasteiger partial charge in [-0.2, -0.15) is 0 Å². The van der Waals surface area contributed by atoms with E-state index in [-0.39, 0.29) is 5.69 Å². The van der Waals surface area contributed by atoms with Gasteiger partial charge in [-0.05, 0) is 18.4 Å². The Bertz CT molecular complexity index is 506. The van der Waals surface area contributed by atoms with E-state index in [1.54, 1.807) is 6.07 Å². The van der Waals surface area contributed by atoms with Gasteiger partial charge in [0.15, 0.2) is 0 Å². The molecule has 1 aromatic carbocycles. The average Bonchev–Trinajstić information content (AvgIpc) is 2.17. The van der Waals surface area contributed by atoms with E-state index in [9.17, 15) is 4.79 Å². The Hall–Kier alpha value is -1.90. The number of carboxylic acids is 1. The number of hydrogen-bond acceptors (Lipinski definition) is 2. The Labute approximate surface area is 81.0 Å². The maximum Gasteiger partial charge on any atom is 0.354 e. The van der Waals surface area contributed by atoms with Crippen molar-refractivity contribution in [3.05, 3.63) is 41.7 Å². The highest BCUT2D eigenvalue weighted by molar-refractivity contribution is 5.93. The number of carboxylic acid groups (broad SMARTS) is 1. The van der Waals surface area contributed by atoms with Crippen LogP contribution in [0.1, 0.15) is 16.2 Å². The van der Waals surface area contributed by atoms with E-state index in [0.29, 0.717) is 0 Å². The van der Waals surface area contributed by atoms with Crippen LogP contribution in [0.3, 0.4) is 0 Å². The van der Waals surface area contributed by atoms with Crippen molar-refractivity contribution >= 4 is 16.7 Å². The van der Waals surface area contributed by atoms with Crippen LogP contribution >= 0.6 is 0 Å². The molecule has 1 N–H and O–H groups in total. The lowest BCUT2D eigenvalue weighted by Gasteiger charge is -2.02. The van der Waals surface area contributed by atoms with E-state index < -0.39 is 5.97 Å². The van der Waals surface area contributed by atoms with Crippen molar-refractivity contribution in [1.29, 1.82) is 0 Å². The molecule has 14 heavy (non-hydrogen) atoms. The van der Waals surface area contributed by atoms with Gasteiger partial charge in [0.05, 0.1) is 0 Å². The van der Waals surface area contributed by atoms with Crippen LogP contribution in [0.25, 0.3) is 10.8 Å². The van der Waals surface area contributed by atoms with Crippen LogP contribution in [-0.2, 0) is 0 Å². The molecule has 0 aliphatic heterocycles. The predicted molar refractivity (Wildman–Crippen MR) is 53.4 cm³/mol. The van der Waals surface area contributed by atoms with E-state index in [4.69, 9.17) is 5.11 Å². The molecule has 0 bridgehead atoms. The first kappa shape index (κ1) is 8.69. The Morgan fingerprint density at radius 2 is 2.07 bits per heavy atom. The number of nitrogens with zero attached hydrogens (tertiary/aromatic N) is 1. The van der Waals surface area contributed by atoms with E-state index in [2.05, 4.69) is 4.98 Å². The number of pyridine rings is 1. The molecule has 0 spiro atoms. The lowest BCUT2D eigenvalue weighted by molar-refractivity contribution is 0.0690. The van der Waals surface area contributed by atoms with Gasteiger partial charge in [0, 0.05) is 11.1 Å². The molecule has 0 amide bonds. The van der Waals surface area contributed by atoms with Gasteiger partial charge in [-0.15, -0.1) is 0 Å². The van der Waals surface area contributed by atoms with Crippen molar-refractivity contribution in [3.8, 4) is 0 Å². The summed E-state index contributed by atoms with van der Waals surface area (Å²) in [5.41, 5.74) is 0.849. The van der Waals surface area contributed by atoms with E-state index in [1.807, 2.05) is 31.2 Å². The van der Waals surface area contributed by atoms with Gasteiger partial charge in [0.2, 0.25) is 0 Å². The average molecular weight is 187 g/mol. The van der Waals surface area contributed by atoms with Crippen LogP contribution in [0, 0.1) is 6.92 Å². The molecule has 3 nitrogen and oxygen atoms in total. The SMILES string of the molecule is Cc1nc(C(=O)O)cc2ccccc12. The van der Waals surface area contributed by atoms with Crippen molar-refractivity contribution < 1.29 is 9.90 Å². The fourth-order valence-corrected chi connectivity index (χ4v) is 1.48. The van der Waals surface area contributed by atoms with Gasteiger partial charge in [-0.3, -0.25) is 0 Å². The van der Waals surface area contributed by atoms with Crippen molar-refractivity contribution in [2.75, 3.05) is 0 Å². The third-order valence-electron chi connectivity index (χ3n) is 2.15. The number of fused-ring (bicyclic) bond motifs is 1. The van der Waals surface area contributed by atoms with Gasteiger partial charge in [0.1, 0.15) is 5.69 Å². The Morgan fingerprint density at radius 3 is 2.79 bits per heavy atom. The van der Waals surface area contributed by atoms with E-state index in [1.165, 1.54) is 0 Å². The molecule has 0 saturated carbocycles. The minimum Gasteiger partial charge on any atom is -0.477 e. The number of carbonyl (C=O) groups is 1. The minimum absolute atomic E-state index is 0.0983. The number of aromatic nitrogens is 1. The molecule has 1 heterocycles. The van der Waals surface area contributed by atoms with Gasteiger partial charge < -0.3 is 5.11 Å². The molecule has 0 aliphatic rings. The molecule has 2 aromatic rings. The lowest BCUT2D eigenvalue weighted by atomic mass is 10.1. The highest BCUT2D eigenvalue weighted by Crippen LogP contribution is 2.17. The summed E-state index contributed by atoms with van der Waals surface area (Å²) >= 11 is 0. The molecule has 0 radical (unpaired) electrons. The summed E-state index contributed by atoms with van der Waals surface area (Å²) in [5, 5.41) is 10.7. The number of aryl methyl sites for hydroxylation is 1. The van der Waals surface area contributed by atoms with Crippen LogP contribution < -0.4 is 0 Å². The zero-order chi connectivity index (χ0) is 10.1. The van der Waals surface area contributed by atoms with Crippen LogP contribution in [0.4, 0.5) is 0 Å². The fraction of sp³-hybridized carbons (Fsp3) is 0.0909. The quantitative estimate of drug-likeness (QED) is 0.744. The summed E-state index contributed by atoms with van der Waals surface area (Å²) in [6.07, 6.45) is 0. The summed E-state index contributed by atoms with van der Waals surface area (Å²) in [5.74, 6) is -0.987. The topological polar surface area (TPSA) is 50.2 Å². The van der Waals surface area contributed by atoms with Gasteiger partial charge in [0.25, 0.3) is 0 Å². The zero-order valence-corrected chi connectivity index (χ0v) is 7.69. The largest absolute Gasteiger partial charge is 0.477 e. The fourth-order valence-electron chi connectivity index (χ4n) is 1.48. The van der Waals surface area contributed by atoms with Crippen LogP contribution in [0.2, 0.25) is 0 Å². The Morgan fingerprint density at radius 1 is 1.36 bits per heavy atom. The monoisotopic (exact) mass is 187 g/mol. The van der Waals surface area contributed by atoms with E-state index in [0.717, 1.165) is 16.5 Å². The van der Waals surface area contributed by atoms with Gasteiger partial charge in [-0.25, -0.2) is 9.78 Å². The Balaban J connectivity index is 2.78. The van der Waals surface area contributed by atoms with Crippen molar-refractivity contribution in [2.45, 2.75) is 6.92 Å². The molecule has 0 fully saturated rings. The highest BCUT2D eigenvalue weighted by Gasteiger charge is 2.07. The summed E-state index contributed by atoms with van der Waals surface area (Å²) in [4.78, 5) is 14.7. The molecule has 0 aliphatic carbocycles. The van der Waals surface area contributed by atoms with Crippen LogP contribution in [0.5, 0.6) is 0 Å². The highest BCUT2D eigenvalue weighted by atomic mass is 16.4. The maximum absolute atomic E-state index is 10.7.